The third-order valence-corrected chi connectivity index (χ3v) is 2.62. The van der Waals surface area contributed by atoms with Gasteiger partial charge < -0.3 is 0 Å². The summed E-state index contributed by atoms with van der Waals surface area (Å²) in [5.74, 6) is 0. The second kappa shape index (κ2) is 4.69. The van der Waals surface area contributed by atoms with Gasteiger partial charge in [0.05, 0.1) is 5.69 Å². The molecule has 1 heterocycles. The van der Waals surface area contributed by atoms with Gasteiger partial charge in [0.2, 0.25) is 0 Å². The maximum atomic E-state index is 11.6. The first-order valence-electron chi connectivity index (χ1n) is 4.74. The molecule has 90 valence electrons. The molecule has 0 fully saturated rings. The van der Waals surface area contributed by atoms with Crippen LogP contribution in [0.2, 0.25) is 10.0 Å². The topological polar surface area (TPSA) is 78.7 Å². The minimum absolute atomic E-state index is 0.175. The summed E-state index contributed by atoms with van der Waals surface area (Å²) in [5.41, 5.74) is -1.21. The standard InChI is InChI=1S/C11H5Cl2N3O2/c12-7-1-8(13)3-9(2-7)16-5-6(4-14)10(17)15-11(16)18/h1-3,5H,(H,15,17,18). The van der Waals surface area contributed by atoms with Crippen LogP contribution in [0.4, 0.5) is 0 Å². The molecule has 0 amide bonds. The van der Waals surface area contributed by atoms with Gasteiger partial charge in [-0.15, -0.1) is 0 Å². The lowest BCUT2D eigenvalue weighted by atomic mass is 10.3. The van der Waals surface area contributed by atoms with Crippen molar-refractivity contribution in [2.75, 3.05) is 0 Å². The molecule has 0 aliphatic carbocycles. The lowest BCUT2D eigenvalue weighted by Gasteiger charge is -2.06. The fourth-order valence-electron chi connectivity index (χ4n) is 1.42. The molecule has 0 bridgehead atoms. The highest BCUT2D eigenvalue weighted by molar-refractivity contribution is 6.34. The maximum Gasteiger partial charge on any atom is 0.332 e. The van der Waals surface area contributed by atoms with Crippen molar-refractivity contribution in [1.82, 2.24) is 9.55 Å². The van der Waals surface area contributed by atoms with Crippen LogP contribution in [0.25, 0.3) is 5.69 Å². The summed E-state index contributed by atoms with van der Waals surface area (Å²) in [6.07, 6.45) is 1.14. The van der Waals surface area contributed by atoms with E-state index in [9.17, 15) is 9.59 Å². The average molecular weight is 282 g/mol. The highest BCUT2D eigenvalue weighted by Crippen LogP contribution is 2.20. The van der Waals surface area contributed by atoms with E-state index in [0.717, 1.165) is 10.8 Å². The fourth-order valence-corrected chi connectivity index (χ4v) is 1.94. The van der Waals surface area contributed by atoms with Crippen LogP contribution in [0.15, 0.2) is 34.0 Å². The highest BCUT2D eigenvalue weighted by atomic mass is 35.5. The van der Waals surface area contributed by atoms with E-state index in [1.807, 2.05) is 4.98 Å². The van der Waals surface area contributed by atoms with Gasteiger partial charge in [-0.3, -0.25) is 14.3 Å². The number of nitrogens with zero attached hydrogens (tertiary/aromatic N) is 2. The number of H-pyrrole nitrogens is 1. The van der Waals surface area contributed by atoms with Crippen LogP contribution in [-0.2, 0) is 0 Å². The quantitative estimate of drug-likeness (QED) is 0.864. The van der Waals surface area contributed by atoms with E-state index >= 15 is 0 Å². The fraction of sp³-hybridized carbons (Fsp3) is 0. The van der Waals surface area contributed by atoms with E-state index in [1.165, 1.54) is 18.2 Å². The van der Waals surface area contributed by atoms with Crippen LogP contribution in [0.3, 0.4) is 0 Å². The van der Waals surface area contributed by atoms with Crippen LogP contribution in [0, 0.1) is 11.3 Å². The van der Waals surface area contributed by atoms with Gasteiger partial charge in [-0.25, -0.2) is 4.79 Å². The van der Waals surface area contributed by atoms with Crippen LogP contribution >= 0.6 is 23.2 Å². The average Bonchev–Trinajstić information content (AvgIpc) is 2.27. The molecule has 1 aromatic heterocycles. The summed E-state index contributed by atoms with van der Waals surface area (Å²) >= 11 is 11.6. The molecule has 0 saturated carbocycles. The van der Waals surface area contributed by atoms with Gasteiger partial charge in [0.25, 0.3) is 5.56 Å². The molecule has 0 aliphatic heterocycles. The van der Waals surface area contributed by atoms with Gasteiger partial charge in [-0.05, 0) is 18.2 Å². The Hall–Kier alpha value is -2.03. The number of nitrogens with one attached hydrogen (secondary N) is 1. The molecule has 0 radical (unpaired) electrons. The Labute approximate surface area is 111 Å². The number of hydrogen-bond donors (Lipinski definition) is 1. The summed E-state index contributed by atoms with van der Waals surface area (Å²) in [5, 5.41) is 9.44. The monoisotopic (exact) mass is 281 g/mol. The zero-order valence-electron chi connectivity index (χ0n) is 8.78. The molecule has 0 atom stereocenters. The summed E-state index contributed by atoms with van der Waals surface area (Å²) in [7, 11) is 0. The molecule has 18 heavy (non-hydrogen) atoms. The molecule has 5 nitrogen and oxygen atoms in total. The third kappa shape index (κ3) is 2.30. The van der Waals surface area contributed by atoms with Gasteiger partial charge in [0.15, 0.2) is 0 Å². The number of hydrogen-bond acceptors (Lipinski definition) is 3. The number of benzene rings is 1. The lowest BCUT2D eigenvalue weighted by molar-refractivity contribution is 0.889. The molecule has 0 spiro atoms. The number of halogens is 2. The van der Waals surface area contributed by atoms with Gasteiger partial charge in [0.1, 0.15) is 11.6 Å². The Morgan fingerprint density at radius 1 is 1.17 bits per heavy atom. The number of aromatic nitrogens is 2. The SMILES string of the molecule is N#Cc1cn(-c2cc(Cl)cc(Cl)c2)c(=O)[nH]c1=O. The summed E-state index contributed by atoms with van der Waals surface area (Å²) < 4.78 is 1.09. The molecular formula is C11H5Cl2N3O2. The molecule has 1 N–H and O–H groups in total. The first kappa shape index (κ1) is 12.4. The maximum absolute atomic E-state index is 11.6. The zero-order chi connectivity index (χ0) is 13.3. The van der Waals surface area contributed by atoms with Gasteiger partial charge in [-0.1, -0.05) is 23.2 Å². The van der Waals surface area contributed by atoms with Crippen molar-refractivity contribution >= 4 is 23.2 Å². The lowest BCUT2D eigenvalue weighted by Crippen LogP contribution is -2.30. The molecule has 1 aromatic carbocycles. The Morgan fingerprint density at radius 2 is 1.78 bits per heavy atom. The summed E-state index contributed by atoms with van der Waals surface area (Å²) in [4.78, 5) is 24.9. The summed E-state index contributed by atoms with van der Waals surface area (Å²) in [6, 6.07) is 6.19. The molecule has 0 aliphatic rings. The van der Waals surface area contributed by atoms with E-state index in [0.29, 0.717) is 15.7 Å². The molecule has 2 rings (SSSR count). The van der Waals surface area contributed by atoms with E-state index in [2.05, 4.69) is 0 Å². The Kier molecular flexibility index (Phi) is 3.24. The van der Waals surface area contributed by atoms with Crippen molar-refractivity contribution in [1.29, 1.82) is 5.26 Å². The first-order valence-corrected chi connectivity index (χ1v) is 5.49. The van der Waals surface area contributed by atoms with Crippen molar-refractivity contribution in [2.45, 2.75) is 0 Å². The molecule has 0 saturated heterocycles. The number of rotatable bonds is 1. The highest BCUT2D eigenvalue weighted by Gasteiger charge is 2.07. The third-order valence-electron chi connectivity index (χ3n) is 2.19. The molecule has 0 unspecified atom stereocenters. The predicted molar refractivity (Wildman–Crippen MR) is 67.4 cm³/mol. The van der Waals surface area contributed by atoms with Crippen molar-refractivity contribution in [3.05, 3.63) is 60.8 Å². The predicted octanol–water partition coefficient (Wildman–Crippen LogP) is 1.70. The van der Waals surface area contributed by atoms with Gasteiger partial charge >= 0.3 is 5.69 Å². The van der Waals surface area contributed by atoms with Gasteiger partial charge in [-0.2, -0.15) is 5.26 Å². The number of nitriles is 1. The minimum Gasteiger partial charge on any atom is -0.273 e. The molecular weight excluding hydrogens is 277 g/mol. The van der Waals surface area contributed by atoms with Crippen molar-refractivity contribution in [3.8, 4) is 11.8 Å². The summed E-state index contributed by atoms with van der Waals surface area (Å²) in [6.45, 7) is 0. The van der Waals surface area contributed by atoms with E-state index < -0.39 is 11.2 Å². The van der Waals surface area contributed by atoms with E-state index in [-0.39, 0.29) is 5.56 Å². The van der Waals surface area contributed by atoms with Crippen LogP contribution in [0.1, 0.15) is 5.56 Å². The normalized spacial score (nSPS) is 10.1. The molecule has 2 aromatic rings. The molecule has 7 heteroatoms. The Balaban J connectivity index is 2.75. The Bertz CT molecular complexity index is 751. The van der Waals surface area contributed by atoms with Crippen LogP contribution < -0.4 is 11.2 Å². The number of aromatic amines is 1. The van der Waals surface area contributed by atoms with Crippen LogP contribution in [0.5, 0.6) is 0 Å². The Morgan fingerprint density at radius 3 is 2.33 bits per heavy atom. The second-order valence-corrected chi connectivity index (χ2v) is 4.28. The van der Waals surface area contributed by atoms with Crippen LogP contribution in [-0.4, -0.2) is 9.55 Å². The minimum atomic E-state index is -0.730. The zero-order valence-corrected chi connectivity index (χ0v) is 10.3. The van der Waals surface area contributed by atoms with Crippen molar-refractivity contribution < 1.29 is 0 Å². The smallest absolute Gasteiger partial charge is 0.273 e. The van der Waals surface area contributed by atoms with Crippen molar-refractivity contribution in [2.24, 2.45) is 0 Å². The van der Waals surface area contributed by atoms with Crippen molar-refractivity contribution in [3.63, 3.8) is 0 Å². The van der Waals surface area contributed by atoms with E-state index in [1.54, 1.807) is 6.07 Å². The second-order valence-electron chi connectivity index (χ2n) is 3.41. The largest absolute Gasteiger partial charge is 0.332 e. The first-order chi connectivity index (χ1) is 8.51. The van der Waals surface area contributed by atoms with E-state index in [4.69, 9.17) is 28.5 Å². The van der Waals surface area contributed by atoms with Gasteiger partial charge in [0, 0.05) is 16.2 Å².